The average molecular weight is 259 g/mol. The first-order valence-corrected chi connectivity index (χ1v) is 6.07. The highest BCUT2D eigenvalue weighted by Crippen LogP contribution is 2.15. The number of carbonyl (C=O) groups is 1. The van der Waals surface area contributed by atoms with Crippen LogP contribution in [0.2, 0.25) is 0 Å². The maximum absolute atomic E-state index is 12.1. The number of nitrogens with two attached hydrogens (primary N) is 1. The van der Waals surface area contributed by atoms with Gasteiger partial charge in [0, 0.05) is 26.1 Å². The van der Waals surface area contributed by atoms with E-state index in [0.717, 1.165) is 0 Å². The zero-order valence-corrected chi connectivity index (χ0v) is 11.9. The lowest BCUT2D eigenvalue weighted by Crippen LogP contribution is -2.41. The van der Waals surface area contributed by atoms with E-state index in [9.17, 15) is 4.79 Å². The normalized spacial score (nSPS) is 14.4. The number of ether oxygens (including phenoxy) is 1. The minimum atomic E-state index is -0.482. The lowest BCUT2D eigenvalue weighted by atomic mass is 10.0. The number of oxime groups is 1. The first-order valence-electron chi connectivity index (χ1n) is 6.07. The molecule has 0 fully saturated rings. The summed E-state index contributed by atoms with van der Waals surface area (Å²) in [7, 11) is 1.59. The summed E-state index contributed by atoms with van der Waals surface area (Å²) in [6.45, 7) is 8.47. The van der Waals surface area contributed by atoms with Crippen LogP contribution in [-0.2, 0) is 9.53 Å². The lowest BCUT2D eigenvalue weighted by Gasteiger charge is -2.29. The van der Waals surface area contributed by atoms with Gasteiger partial charge in [-0.15, -0.1) is 0 Å². The van der Waals surface area contributed by atoms with Gasteiger partial charge in [0.25, 0.3) is 0 Å². The Morgan fingerprint density at radius 2 is 2.11 bits per heavy atom. The summed E-state index contributed by atoms with van der Waals surface area (Å²) >= 11 is 0. The Labute approximate surface area is 109 Å². The van der Waals surface area contributed by atoms with Crippen molar-refractivity contribution in [3.05, 3.63) is 0 Å². The van der Waals surface area contributed by atoms with Gasteiger partial charge in [-0.3, -0.25) is 4.79 Å². The van der Waals surface area contributed by atoms with Crippen LogP contribution < -0.4 is 5.73 Å². The number of methoxy groups -OCH3 is 1. The van der Waals surface area contributed by atoms with Gasteiger partial charge in [-0.2, -0.15) is 0 Å². The molecule has 1 atom stereocenters. The minimum absolute atomic E-state index is 0.00180. The number of amides is 1. The Morgan fingerprint density at radius 3 is 2.50 bits per heavy atom. The summed E-state index contributed by atoms with van der Waals surface area (Å²) in [5.41, 5.74) is 5.03. The van der Waals surface area contributed by atoms with Crippen molar-refractivity contribution < 1.29 is 14.7 Å². The molecule has 0 heterocycles. The Bertz CT molecular complexity index is 303. The average Bonchev–Trinajstić information content (AvgIpc) is 2.33. The second-order valence-corrected chi connectivity index (χ2v) is 5.00. The fourth-order valence-corrected chi connectivity index (χ4v) is 1.48. The second-order valence-electron chi connectivity index (χ2n) is 5.00. The van der Waals surface area contributed by atoms with Crippen LogP contribution in [0.5, 0.6) is 0 Å². The van der Waals surface area contributed by atoms with Gasteiger partial charge in [-0.1, -0.05) is 12.1 Å². The molecule has 0 aromatic rings. The molecular weight excluding hydrogens is 234 g/mol. The van der Waals surface area contributed by atoms with E-state index in [2.05, 4.69) is 5.16 Å². The zero-order chi connectivity index (χ0) is 14.3. The summed E-state index contributed by atoms with van der Waals surface area (Å²) in [6, 6.07) is 0. The predicted octanol–water partition coefficient (Wildman–Crippen LogP) is 1.03. The highest BCUT2D eigenvalue weighted by atomic mass is 16.5. The number of hydrogen-bond acceptors (Lipinski definition) is 4. The van der Waals surface area contributed by atoms with Gasteiger partial charge in [-0.05, 0) is 20.8 Å². The van der Waals surface area contributed by atoms with Crippen molar-refractivity contribution in [2.45, 2.75) is 39.7 Å². The van der Waals surface area contributed by atoms with E-state index < -0.39 is 5.60 Å². The lowest BCUT2D eigenvalue weighted by molar-refractivity contribution is -0.136. The quantitative estimate of drug-likeness (QED) is 0.309. The molecule has 0 aromatic carbocycles. The summed E-state index contributed by atoms with van der Waals surface area (Å²) in [5.74, 6) is -0.0428. The Balaban J connectivity index is 4.55. The first kappa shape index (κ1) is 16.7. The number of hydrogen-bond donors (Lipinski definition) is 2. The molecule has 6 nitrogen and oxygen atoms in total. The van der Waals surface area contributed by atoms with Gasteiger partial charge >= 0.3 is 0 Å². The molecule has 0 spiro atoms. The van der Waals surface area contributed by atoms with Crippen molar-refractivity contribution >= 4 is 11.7 Å². The molecule has 3 N–H and O–H groups in total. The molecular formula is C12H25N3O3. The number of carbonyl (C=O) groups excluding carboxylic acids is 1. The fourth-order valence-electron chi connectivity index (χ4n) is 1.48. The van der Waals surface area contributed by atoms with E-state index in [1.54, 1.807) is 12.0 Å². The van der Waals surface area contributed by atoms with Gasteiger partial charge in [0.05, 0.1) is 12.0 Å². The highest BCUT2D eigenvalue weighted by molar-refractivity contribution is 5.83. The molecule has 0 aromatic heterocycles. The van der Waals surface area contributed by atoms with Crippen molar-refractivity contribution in [3.63, 3.8) is 0 Å². The van der Waals surface area contributed by atoms with E-state index in [1.807, 2.05) is 27.7 Å². The van der Waals surface area contributed by atoms with Gasteiger partial charge in [0.2, 0.25) is 5.91 Å². The summed E-state index contributed by atoms with van der Waals surface area (Å²) in [6.07, 6.45) is 0.306. The third kappa shape index (κ3) is 5.35. The molecule has 0 rings (SSSR count). The molecule has 1 amide bonds. The molecule has 18 heavy (non-hydrogen) atoms. The van der Waals surface area contributed by atoms with Crippen LogP contribution in [0.1, 0.15) is 34.1 Å². The Hall–Kier alpha value is -1.30. The zero-order valence-electron chi connectivity index (χ0n) is 11.9. The molecule has 0 radical (unpaired) electrons. The third-order valence-electron chi connectivity index (χ3n) is 2.98. The highest BCUT2D eigenvalue weighted by Gasteiger charge is 2.25. The molecule has 0 saturated heterocycles. The number of rotatable bonds is 7. The van der Waals surface area contributed by atoms with Crippen LogP contribution in [-0.4, -0.2) is 47.7 Å². The van der Waals surface area contributed by atoms with Crippen molar-refractivity contribution in [1.82, 2.24) is 4.90 Å². The molecule has 0 aliphatic heterocycles. The molecule has 0 saturated carbocycles. The van der Waals surface area contributed by atoms with Crippen LogP contribution in [0, 0.1) is 5.92 Å². The maximum Gasteiger partial charge on any atom is 0.225 e. The van der Waals surface area contributed by atoms with Crippen LogP contribution in [0.3, 0.4) is 0 Å². The summed E-state index contributed by atoms with van der Waals surface area (Å²) in [5, 5.41) is 11.6. The standard InChI is InChI=1S/C12H25N3O3/c1-6-15(8-9(2)11(13)14-17)10(16)7-12(3,4)18-5/h9,17H,6-8H2,1-5H3,(H2,13,14). The second kappa shape index (κ2) is 7.20. The molecule has 106 valence electrons. The molecule has 1 unspecified atom stereocenters. The minimum Gasteiger partial charge on any atom is -0.409 e. The summed E-state index contributed by atoms with van der Waals surface area (Å²) < 4.78 is 5.24. The van der Waals surface area contributed by atoms with Crippen molar-refractivity contribution in [1.29, 1.82) is 0 Å². The first-order chi connectivity index (χ1) is 8.27. The molecule has 0 aliphatic carbocycles. The molecule has 0 bridgehead atoms. The van der Waals surface area contributed by atoms with Gasteiger partial charge < -0.3 is 20.6 Å². The van der Waals surface area contributed by atoms with Crippen LogP contribution in [0.4, 0.5) is 0 Å². The monoisotopic (exact) mass is 259 g/mol. The topological polar surface area (TPSA) is 88.1 Å². The summed E-state index contributed by atoms with van der Waals surface area (Å²) in [4.78, 5) is 13.8. The van der Waals surface area contributed by atoms with E-state index >= 15 is 0 Å². The largest absolute Gasteiger partial charge is 0.409 e. The van der Waals surface area contributed by atoms with Crippen molar-refractivity contribution in [3.8, 4) is 0 Å². The predicted molar refractivity (Wildman–Crippen MR) is 70.5 cm³/mol. The van der Waals surface area contributed by atoms with Crippen LogP contribution in [0.15, 0.2) is 5.16 Å². The fraction of sp³-hybridized carbons (Fsp3) is 0.833. The third-order valence-corrected chi connectivity index (χ3v) is 2.98. The van der Waals surface area contributed by atoms with E-state index in [0.29, 0.717) is 19.5 Å². The van der Waals surface area contributed by atoms with Gasteiger partial charge in [0.15, 0.2) is 0 Å². The Kier molecular flexibility index (Phi) is 6.68. The van der Waals surface area contributed by atoms with E-state index in [1.165, 1.54) is 0 Å². The van der Waals surface area contributed by atoms with Crippen LogP contribution >= 0.6 is 0 Å². The SMILES string of the molecule is CCN(CC(C)C(N)=NO)C(=O)CC(C)(C)OC. The van der Waals surface area contributed by atoms with E-state index in [4.69, 9.17) is 15.7 Å². The van der Waals surface area contributed by atoms with Crippen molar-refractivity contribution in [2.24, 2.45) is 16.8 Å². The van der Waals surface area contributed by atoms with E-state index in [-0.39, 0.29) is 17.7 Å². The van der Waals surface area contributed by atoms with Crippen molar-refractivity contribution in [2.75, 3.05) is 20.2 Å². The smallest absolute Gasteiger partial charge is 0.225 e. The molecule has 0 aliphatic rings. The number of amidine groups is 1. The van der Waals surface area contributed by atoms with Gasteiger partial charge in [0.1, 0.15) is 5.84 Å². The van der Waals surface area contributed by atoms with Gasteiger partial charge in [-0.25, -0.2) is 0 Å². The molecule has 6 heteroatoms. The Morgan fingerprint density at radius 1 is 1.56 bits per heavy atom. The van der Waals surface area contributed by atoms with Crippen LogP contribution in [0.25, 0.3) is 0 Å². The number of nitrogens with zero attached hydrogens (tertiary/aromatic N) is 2. The maximum atomic E-state index is 12.1.